The van der Waals surface area contributed by atoms with E-state index in [4.69, 9.17) is 5.73 Å². The molecule has 0 heterocycles. The highest BCUT2D eigenvalue weighted by Gasteiger charge is 2.07. The lowest BCUT2D eigenvalue weighted by atomic mass is 10.8. The fourth-order valence-electron chi connectivity index (χ4n) is 0.319. The highest BCUT2D eigenvalue weighted by atomic mass is 32.2. The first-order valence-electron chi connectivity index (χ1n) is 2.46. The number of rotatable bonds is 3. The van der Waals surface area contributed by atoms with Gasteiger partial charge in [0.05, 0.1) is 4.99 Å². The summed E-state index contributed by atoms with van der Waals surface area (Å²) in [5.41, 5.74) is 5.01. The summed E-state index contributed by atoms with van der Waals surface area (Å²) in [5.74, 6) is -0.0663. The van der Waals surface area contributed by atoms with E-state index in [9.17, 15) is 8.42 Å². The van der Waals surface area contributed by atoms with Gasteiger partial charge in [0.25, 0.3) is 0 Å². The standard InChI is InChI=1S/C4H9NO2S2/c1-2-9(6,7)3-4(5)8/h2-3H2,1H3,(H2,5,8). The van der Waals surface area contributed by atoms with Crippen molar-refractivity contribution in [2.45, 2.75) is 6.92 Å². The largest absolute Gasteiger partial charge is 0.392 e. The number of thiocarbonyl (C=S) groups is 1. The van der Waals surface area contributed by atoms with Crippen LogP contribution in [0.25, 0.3) is 0 Å². The van der Waals surface area contributed by atoms with Crippen molar-refractivity contribution >= 4 is 27.0 Å². The summed E-state index contributed by atoms with van der Waals surface area (Å²) in [6.45, 7) is 1.56. The second-order valence-electron chi connectivity index (χ2n) is 1.64. The van der Waals surface area contributed by atoms with Gasteiger partial charge in [-0.1, -0.05) is 19.1 Å². The van der Waals surface area contributed by atoms with Crippen LogP contribution >= 0.6 is 12.2 Å². The van der Waals surface area contributed by atoms with Gasteiger partial charge < -0.3 is 5.73 Å². The van der Waals surface area contributed by atoms with E-state index >= 15 is 0 Å². The van der Waals surface area contributed by atoms with Crippen LogP contribution in [0, 0.1) is 0 Å². The van der Waals surface area contributed by atoms with Crippen LogP contribution < -0.4 is 5.73 Å². The smallest absolute Gasteiger partial charge is 0.156 e. The van der Waals surface area contributed by atoms with Crippen LogP contribution in [0.15, 0.2) is 0 Å². The fourth-order valence-corrected chi connectivity index (χ4v) is 1.50. The molecule has 0 aromatic rings. The molecule has 9 heavy (non-hydrogen) atoms. The van der Waals surface area contributed by atoms with Crippen LogP contribution in [0.3, 0.4) is 0 Å². The molecule has 0 radical (unpaired) electrons. The Kier molecular flexibility index (Phi) is 3.07. The molecule has 0 aliphatic heterocycles. The molecule has 0 amide bonds. The lowest BCUT2D eigenvalue weighted by Crippen LogP contribution is -2.22. The van der Waals surface area contributed by atoms with Crippen LogP contribution in [0.5, 0.6) is 0 Å². The first-order valence-corrected chi connectivity index (χ1v) is 4.69. The average molecular weight is 167 g/mol. The third kappa shape index (κ3) is 4.35. The van der Waals surface area contributed by atoms with E-state index in [1.165, 1.54) is 0 Å². The van der Waals surface area contributed by atoms with Crippen LogP contribution in [-0.4, -0.2) is 24.9 Å². The molecule has 0 atom stereocenters. The van der Waals surface area contributed by atoms with Crippen molar-refractivity contribution in [3.8, 4) is 0 Å². The SMILES string of the molecule is CCS(=O)(=O)CC(N)=S. The maximum atomic E-state index is 10.6. The molecular formula is C4H9NO2S2. The second kappa shape index (κ2) is 3.12. The number of sulfone groups is 1. The van der Waals surface area contributed by atoms with Gasteiger partial charge in [-0.3, -0.25) is 0 Å². The summed E-state index contributed by atoms with van der Waals surface area (Å²) in [5, 5.41) is 0. The van der Waals surface area contributed by atoms with Crippen LogP contribution in [0.2, 0.25) is 0 Å². The number of hydrogen-bond acceptors (Lipinski definition) is 3. The quantitative estimate of drug-likeness (QED) is 0.587. The summed E-state index contributed by atoms with van der Waals surface area (Å²) in [4.78, 5) is 0.0388. The Morgan fingerprint density at radius 3 is 2.22 bits per heavy atom. The molecule has 0 rings (SSSR count). The molecule has 0 saturated heterocycles. The summed E-state index contributed by atoms with van der Waals surface area (Å²) in [6.07, 6.45) is 0. The van der Waals surface area contributed by atoms with Gasteiger partial charge in [-0.2, -0.15) is 0 Å². The third-order valence-corrected chi connectivity index (χ3v) is 2.76. The Labute approximate surface area is 60.2 Å². The zero-order valence-electron chi connectivity index (χ0n) is 5.12. The van der Waals surface area contributed by atoms with Gasteiger partial charge in [0.1, 0.15) is 5.75 Å². The van der Waals surface area contributed by atoms with Crippen molar-refractivity contribution < 1.29 is 8.42 Å². The first kappa shape index (κ1) is 8.84. The molecule has 0 unspecified atom stereocenters. The number of hydrogen-bond donors (Lipinski definition) is 1. The minimum absolute atomic E-state index is 0.0388. The predicted octanol–water partition coefficient (Wildman–Crippen LogP) is -0.293. The summed E-state index contributed by atoms with van der Waals surface area (Å²) >= 11 is 4.41. The molecular weight excluding hydrogens is 158 g/mol. The maximum Gasteiger partial charge on any atom is 0.156 e. The van der Waals surface area contributed by atoms with Crippen LogP contribution in [-0.2, 0) is 9.84 Å². The van der Waals surface area contributed by atoms with Crippen molar-refractivity contribution in [3.05, 3.63) is 0 Å². The van der Waals surface area contributed by atoms with E-state index in [1.54, 1.807) is 6.92 Å². The number of nitrogens with two attached hydrogens (primary N) is 1. The monoisotopic (exact) mass is 167 g/mol. The topological polar surface area (TPSA) is 60.2 Å². The van der Waals surface area contributed by atoms with Gasteiger partial charge in [0, 0.05) is 5.75 Å². The van der Waals surface area contributed by atoms with Crippen LogP contribution in [0.1, 0.15) is 6.92 Å². The van der Waals surface area contributed by atoms with E-state index in [0.29, 0.717) is 0 Å². The molecule has 0 aliphatic carbocycles. The Bertz CT molecular complexity index is 195. The van der Waals surface area contributed by atoms with Gasteiger partial charge in [0.15, 0.2) is 9.84 Å². The molecule has 2 N–H and O–H groups in total. The van der Waals surface area contributed by atoms with Crippen molar-refractivity contribution in [1.29, 1.82) is 0 Å². The Morgan fingerprint density at radius 1 is 1.67 bits per heavy atom. The molecule has 0 fully saturated rings. The van der Waals surface area contributed by atoms with Gasteiger partial charge in [-0.25, -0.2) is 8.42 Å². The summed E-state index contributed by atoms with van der Waals surface area (Å²) in [7, 11) is -2.98. The maximum absolute atomic E-state index is 10.6. The Hall–Kier alpha value is -0.160. The van der Waals surface area contributed by atoms with E-state index in [0.717, 1.165) is 0 Å². The minimum atomic E-state index is -2.98. The normalized spacial score (nSPS) is 11.2. The second-order valence-corrected chi connectivity index (χ2v) is 4.52. The van der Waals surface area contributed by atoms with E-state index < -0.39 is 9.84 Å². The highest BCUT2D eigenvalue weighted by Crippen LogP contribution is 1.87. The molecule has 54 valence electrons. The van der Waals surface area contributed by atoms with E-state index in [2.05, 4.69) is 12.2 Å². The zero-order chi connectivity index (χ0) is 7.49. The van der Waals surface area contributed by atoms with E-state index in [1.807, 2.05) is 0 Å². The summed E-state index contributed by atoms with van der Waals surface area (Å²) in [6, 6.07) is 0. The average Bonchev–Trinajstić information content (AvgIpc) is 1.63. The van der Waals surface area contributed by atoms with Gasteiger partial charge >= 0.3 is 0 Å². The van der Waals surface area contributed by atoms with Crippen molar-refractivity contribution in [2.75, 3.05) is 11.5 Å². The Morgan fingerprint density at radius 2 is 2.11 bits per heavy atom. The Balaban J connectivity index is 4.06. The van der Waals surface area contributed by atoms with Gasteiger partial charge in [-0.05, 0) is 0 Å². The molecule has 0 saturated carbocycles. The third-order valence-electron chi connectivity index (χ3n) is 0.802. The zero-order valence-corrected chi connectivity index (χ0v) is 6.76. The van der Waals surface area contributed by atoms with Crippen molar-refractivity contribution in [1.82, 2.24) is 0 Å². The first-order chi connectivity index (χ1) is 3.98. The molecule has 0 bridgehead atoms. The van der Waals surface area contributed by atoms with Gasteiger partial charge in [0.2, 0.25) is 0 Å². The van der Waals surface area contributed by atoms with Crippen molar-refractivity contribution in [2.24, 2.45) is 5.73 Å². The fraction of sp³-hybridized carbons (Fsp3) is 0.750. The molecule has 0 aromatic heterocycles. The summed E-state index contributed by atoms with van der Waals surface area (Å²) < 4.78 is 21.3. The predicted molar refractivity (Wildman–Crippen MR) is 41.1 cm³/mol. The lowest BCUT2D eigenvalue weighted by Gasteiger charge is -1.95. The van der Waals surface area contributed by atoms with Crippen molar-refractivity contribution in [3.63, 3.8) is 0 Å². The molecule has 5 heteroatoms. The molecule has 0 aliphatic rings. The van der Waals surface area contributed by atoms with E-state index in [-0.39, 0.29) is 16.5 Å². The van der Waals surface area contributed by atoms with Gasteiger partial charge in [-0.15, -0.1) is 0 Å². The molecule has 0 spiro atoms. The minimum Gasteiger partial charge on any atom is -0.392 e. The molecule has 3 nitrogen and oxygen atoms in total. The lowest BCUT2D eigenvalue weighted by molar-refractivity contribution is 0.601. The highest BCUT2D eigenvalue weighted by molar-refractivity contribution is 7.93. The molecule has 0 aromatic carbocycles. The van der Waals surface area contributed by atoms with Crippen LogP contribution in [0.4, 0.5) is 0 Å².